The number of esters is 1. The van der Waals surface area contributed by atoms with E-state index in [9.17, 15) is 9.59 Å². The maximum absolute atomic E-state index is 12.6. The van der Waals surface area contributed by atoms with E-state index >= 15 is 0 Å². The minimum atomic E-state index is -0.536. The number of ether oxygens (including phenoxy) is 1. The minimum absolute atomic E-state index is 0.246. The van der Waals surface area contributed by atoms with Gasteiger partial charge in [-0.1, -0.05) is 29.8 Å². The molecule has 20 heavy (non-hydrogen) atoms. The number of ketones is 1. The summed E-state index contributed by atoms with van der Waals surface area (Å²) in [5.74, 6) is -0.788. The van der Waals surface area contributed by atoms with Crippen LogP contribution in [0.5, 0.6) is 0 Å². The van der Waals surface area contributed by atoms with Gasteiger partial charge in [0.25, 0.3) is 0 Å². The van der Waals surface area contributed by atoms with Crippen LogP contribution in [0.3, 0.4) is 0 Å². The smallest absolute Gasteiger partial charge is 0.338 e. The summed E-state index contributed by atoms with van der Waals surface area (Å²) in [5.41, 5.74) is 1.02. The van der Waals surface area contributed by atoms with Gasteiger partial charge in [0, 0.05) is 19.7 Å². The summed E-state index contributed by atoms with van der Waals surface area (Å²) in [7, 11) is 1.28. The van der Waals surface area contributed by atoms with Crippen molar-refractivity contribution in [3.05, 3.63) is 67.7 Å². The number of halogens is 2. The molecule has 0 radical (unpaired) electrons. The van der Waals surface area contributed by atoms with Crippen molar-refractivity contribution in [3.63, 3.8) is 0 Å². The molecule has 0 aliphatic heterocycles. The van der Waals surface area contributed by atoms with Gasteiger partial charge in [-0.25, -0.2) is 4.79 Å². The van der Waals surface area contributed by atoms with Gasteiger partial charge in [-0.15, -0.1) is 0 Å². The van der Waals surface area contributed by atoms with E-state index in [0.29, 0.717) is 16.1 Å². The Balaban J connectivity index is 2.54. The van der Waals surface area contributed by atoms with Crippen molar-refractivity contribution in [2.75, 3.05) is 7.11 Å². The standard InChI is InChI=1S/C15H10ClIO3/c1-20-15(19)11-5-3-2-4-10(11)14(18)12-8-9(16)6-7-13(12)17/h2-8H,1H3. The molecule has 0 aliphatic rings. The van der Waals surface area contributed by atoms with E-state index in [-0.39, 0.29) is 11.3 Å². The Labute approximate surface area is 135 Å². The fraction of sp³-hybridized carbons (Fsp3) is 0.0667. The molecule has 2 aromatic rings. The van der Waals surface area contributed by atoms with Crippen molar-refractivity contribution in [2.45, 2.75) is 0 Å². The first-order valence-corrected chi connectivity index (χ1v) is 7.17. The van der Waals surface area contributed by atoms with Crippen LogP contribution < -0.4 is 0 Å². The maximum atomic E-state index is 12.6. The second-order valence-electron chi connectivity index (χ2n) is 3.99. The molecular weight excluding hydrogens is 391 g/mol. The normalized spacial score (nSPS) is 10.2. The summed E-state index contributed by atoms with van der Waals surface area (Å²) in [5, 5.41) is 0.476. The molecule has 0 aliphatic carbocycles. The summed E-state index contributed by atoms with van der Waals surface area (Å²) in [6, 6.07) is 11.6. The fourth-order valence-electron chi connectivity index (χ4n) is 1.79. The number of rotatable bonds is 3. The first-order valence-electron chi connectivity index (χ1n) is 5.71. The first-order chi connectivity index (χ1) is 9.54. The number of carbonyl (C=O) groups is 2. The Morgan fingerprint density at radius 3 is 2.35 bits per heavy atom. The van der Waals surface area contributed by atoms with Crippen molar-refractivity contribution in [2.24, 2.45) is 0 Å². The average molecular weight is 401 g/mol. The highest BCUT2D eigenvalue weighted by atomic mass is 127. The maximum Gasteiger partial charge on any atom is 0.338 e. The molecule has 0 heterocycles. The van der Waals surface area contributed by atoms with Crippen LogP contribution in [0, 0.1) is 3.57 Å². The van der Waals surface area contributed by atoms with E-state index in [1.807, 2.05) is 0 Å². The third kappa shape index (κ3) is 3.02. The quantitative estimate of drug-likeness (QED) is 0.445. The lowest BCUT2D eigenvalue weighted by molar-refractivity contribution is 0.0597. The number of hydrogen-bond donors (Lipinski definition) is 0. The van der Waals surface area contributed by atoms with Crippen molar-refractivity contribution < 1.29 is 14.3 Å². The summed E-state index contributed by atoms with van der Waals surface area (Å²) in [6.45, 7) is 0. The molecule has 0 atom stereocenters. The van der Waals surface area contributed by atoms with Crippen molar-refractivity contribution in [1.29, 1.82) is 0 Å². The van der Waals surface area contributed by atoms with E-state index in [0.717, 1.165) is 3.57 Å². The second kappa shape index (κ2) is 6.37. The van der Waals surface area contributed by atoms with Gasteiger partial charge in [0.05, 0.1) is 12.7 Å². The number of benzene rings is 2. The SMILES string of the molecule is COC(=O)c1ccccc1C(=O)c1cc(Cl)ccc1I. The molecular formula is C15H10ClIO3. The monoisotopic (exact) mass is 400 g/mol. The first kappa shape index (κ1) is 15.0. The summed E-state index contributed by atoms with van der Waals surface area (Å²) < 4.78 is 5.47. The van der Waals surface area contributed by atoms with Crippen LogP contribution >= 0.6 is 34.2 Å². The van der Waals surface area contributed by atoms with E-state index in [1.54, 1.807) is 42.5 Å². The summed E-state index contributed by atoms with van der Waals surface area (Å²) in [4.78, 5) is 24.3. The number of hydrogen-bond acceptors (Lipinski definition) is 3. The summed E-state index contributed by atoms with van der Waals surface area (Å²) in [6.07, 6.45) is 0. The highest BCUT2D eigenvalue weighted by Crippen LogP contribution is 2.22. The van der Waals surface area contributed by atoms with Gasteiger partial charge in [-0.2, -0.15) is 0 Å². The lowest BCUT2D eigenvalue weighted by atomic mass is 9.98. The van der Waals surface area contributed by atoms with Crippen LogP contribution in [0.1, 0.15) is 26.3 Å². The van der Waals surface area contributed by atoms with Crippen molar-refractivity contribution in [1.82, 2.24) is 0 Å². The predicted molar refractivity (Wildman–Crippen MR) is 85.4 cm³/mol. The molecule has 102 valence electrons. The van der Waals surface area contributed by atoms with Gasteiger partial charge in [0.2, 0.25) is 0 Å². The molecule has 0 unspecified atom stereocenters. The molecule has 0 aromatic heterocycles. The van der Waals surface area contributed by atoms with E-state index in [1.165, 1.54) is 7.11 Å². The highest BCUT2D eigenvalue weighted by molar-refractivity contribution is 14.1. The van der Waals surface area contributed by atoms with Gasteiger partial charge in [-0.3, -0.25) is 4.79 Å². The molecule has 2 aromatic carbocycles. The third-order valence-electron chi connectivity index (χ3n) is 2.75. The summed E-state index contributed by atoms with van der Waals surface area (Å²) >= 11 is 7.99. The average Bonchev–Trinajstić information content (AvgIpc) is 2.48. The van der Waals surface area contributed by atoms with Crippen LogP contribution in [-0.4, -0.2) is 18.9 Å². The van der Waals surface area contributed by atoms with Crippen LogP contribution in [0.4, 0.5) is 0 Å². The topological polar surface area (TPSA) is 43.4 Å². The van der Waals surface area contributed by atoms with Crippen LogP contribution in [0.15, 0.2) is 42.5 Å². The third-order valence-corrected chi connectivity index (χ3v) is 3.93. The Morgan fingerprint density at radius 2 is 1.70 bits per heavy atom. The molecule has 0 N–H and O–H groups in total. The van der Waals surface area contributed by atoms with Gasteiger partial charge < -0.3 is 4.74 Å². The molecule has 5 heteroatoms. The van der Waals surface area contributed by atoms with E-state index in [2.05, 4.69) is 22.6 Å². The Morgan fingerprint density at radius 1 is 1.05 bits per heavy atom. The van der Waals surface area contributed by atoms with Gasteiger partial charge in [0.15, 0.2) is 5.78 Å². The van der Waals surface area contributed by atoms with Crippen LogP contribution in [0.2, 0.25) is 5.02 Å². The van der Waals surface area contributed by atoms with Crippen LogP contribution in [0.25, 0.3) is 0 Å². The van der Waals surface area contributed by atoms with Gasteiger partial charge in [-0.05, 0) is 46.9 Å². The van der Waals surface area contributed by atoms with Gasteiger partial charge >= 0.3 is 5.97 Å². The second-order valence-corrected chi connectivity index (χ2v) is 5.59. The largest absolute Gasteiger partial charge is 0.465 e. The zero-order valence-electron chi connectivity index (χ0n) is 10.5. The Hall–Kier alpha value is -1.40. The minimum Gasteiger partial charge on any atom is -0.465 e. The lowest BCUT2D eigenvalue weighted by Gasteiger charge is -2.08. The molecule has 0 amide bonds. The zero-order chi connectivity index (χ0) is 14.7. The van der Waals surface area contributed by atoms with Crippen molar-refractivity contribution in [3.8, 4) is 0 Å². The molecule has 0 spiro atoms. The Kier molecular flexibility index (Phi) is 4.77. The number of carbonyl (C=O) groups excluding carboxylic acids is 2. The molecule has 3 nitrogen and oxygen atoms in total. The van der Waals surface area contributed by atoms with Gasteiger partial charge in [0.1, 0.15) is 0 Å². The molecule has 2 rings (SSSR count). The molecule has 0 saturated carbocycles. The zero-order valence-corrected chi connectivity index (χ0v) is 13.4. The molecule has 0 fully saturated rings. The van der Waals surface area contributed by atoms with E-state index < -0.39 is 5.97 Å². The van der Waals surface area contributed by atoms with E-state index in [4.69, 9.17) is 16.3 Å². The number of methoxy groups -OCH3 is 1. The highest BCUT2D eigenvalue weighted by Gasteiger charge is 2.20. The predicted octanol–water partition coefficient (Wildman–Crippen LogP) is 3.96. The van der Waals surface area contributed by atoms with Crippen LogP contribution in [-0.2, 0) is 4.74 Å². The fourth-order valence-corrected chi connectivity index (χ4v) is 2.54. The van der Waals surface area contributed by atoms with Crippen molar-refractivity contribution >= 4 is 45.9 Å². The molecule has 0 bridgehead atoms. The molecule has 0 saturated heterocycles. The Bertz CT molecular complexity index is 683. The lowest BCUT2D eigenvalue weighted by Crippen LogP contribution is -2.12.